The third-order valence-corrected chi connectivity index (χ3v) is 4.98. The van der Waals surface area contributed by atoms with E-state index in [4.69, 9.17) is 0 Å². The summed E-state index contributed by atoms with van der Waals surface area (Å²) in [7, 11) is 0. The van der Waals surface area contributed by atoms with E-state index in [2.05, 4.69) is 52.5 Å². The zero-order valence-corrected chi connectivity index (χ0v) is 13.3. The highest BCUT2D eigenvalue weighted by Gasteiger charge is 2.26. The SMILES string of the molecule is Cc1ccc(Cn2c(C(=O)NC3CC3)cc3sccc32)cc1. The number of nitrogens with one attached hydrogen (secondary N) is 1. The van der Waals surface area contributed by atoms with Gasteiger partial charge in [-0.3, -0.25) is 4.79 Å². The molecule has 1 aromatic carbocycles. The second-order valence-corrected chi connectivity index (χ2v) is 6.97. The Kier molecular flexibility index (Phi) is 3.26. The molecule has 0 aliphatic heterocycles. The number of nitrogens with zero attached hydrogens (tertiary/aromatic N) is 1. The molecule has 0 bridgehead atoms. The lowest BCUT2D eigenvalue weighted by atomic mass is 10.1. The van der Waals surface area contributed by atoms with Gasteiger partial charge in [0.25, 0.3) is 5.91 Å². The zero-order chi connectivity index (χ0) is 15.1. The normalized spacial score (nSPS) is 14.4. The molecule has 112 valence electrons. The van der Waals surface area contributed by atoms with Crippen molar-refractivity contribution in [3.8, 4) is 0 Å². The smallest absolute Gasteiger partial charge is 0.268 e. The van der Waals surface area contributed by atoms with Crippen molar-refractivity contribution < 1.29 is 4.79 Å². The van der Waals surface area contributed by atoms with Crippen molar-refractivity contribution in [2.45, 2.75) is 32.4 Å². The number of carbonyl (C=O) groups excluding carboxylic acids is 1. The van der Waals surface area contributed by atoms with Crippen LogP contribution in [0.4, 0.5) is 0 Å². The summed E-state index contributed by atoms with van der Waals surface area (Å²) in [6, 6.07) is 13.0. The van der Waals surface area contributed by atoms with Crippen LogP contribution in [0.5, 0.6) is 0 Å². The average molecular weight is 310 g/mol. The van der Waals surface area contributed by atoms with Gasteiger partial charge in [0, 0.05) is 12.6 Å². The first-order chi connectivity index (χ1) is 10.7. The zero-order valence-electron chi connectivity index (χ0n) is 12.5. The van der Waals surface area contributed by atoms with Gasteiger partial charge in [-0.05, 0) is 42.8 Å². The summed E-state index contributed by atoms with van der Waals surface area (Å²) >= 11 is 1.69. The summed E-state index contributed by atoms with van der Waals surface area (Å²) in [6.07, 6.45) is 2.22. The Hall–Kier alpha value is -2.07. The van der Waals surface area contributed by atoms with Gasteiger partial charge in [-0.25, -0.2) is 0 Å². The van der Waals surface area contributed by atoms with E-state index in [1.165, 1.54) is 15.8 Å². The van der Waals surface area contributed by atoms with Crippen LogP contribution in [0.3, 0.4) is 0 Å². The number of hydrogen-bond donors (Lipinski definition) is 1. The highest BCUT2D eigenvalue weighted by molar-refractivity contribution is 7.17. The largest absolute Gasteiger partial charge is 0.348 e. The van der Waals surface area contributed by atoms with Crippen LogP contribution in [0, 0.1) is 6.92 Å². The number of hydrogen-bond acceptors (Lipinski definition) is 2. The molecule has 3 nitrogen and oxygen atoms in total. The number of aryl methyl sites for hydroxylation is 1. The van der Waals surface area contributed by atoms with Gasteiger partial charge in [-0.2, -0.15) is 0 Å². The van der Waals surface area contributed by atoms with Crippen molar-refractivity contribution in [3.63, 3.8) is 0 Å². The fourth-order valence-electron chi connectivity index (χ4n) is 2.70. The third kappa shape index (κ3) is 2.55. The number of amides is 1. The number of thiophene rings is 1. The minimum atomic E-state index is 0.0537. The molecule has 0 radical (unpaired) electrons. The van der Waals surface area contributed by atoms with Gasteiger partial charge >= 0.3 is 0 Å². The first kappa shape index (κ1) is 13.6. The van der Waals surface area contributed by atoms with E-state index >= 15 is 0 Å². The molecule has 4 rings (SSSR count). The van der Waals surface area contributed by atoms with Crippen molar-refractivity contribution >= 4 is 27.5 Å². The highest BCUT2D eigenvalue weighted by atomic mass is 32.1. The van der Waals surface area contributed by atoms with Crippen molar-refractivity contribution in [2.75, 3.05) is 0 Å². The summed E-state index contributed by atoms with van der Waals surface area (Å²) in [5.74, 6) is 0.0537. The first-order valence-electron chi connectivity index (χ1n) is 7.64. The minimum absolute atomic E-state index is 0.0537. The van der Waals surface area contributed by atoms with Gasteiger partial charge in [0.15, 0.2) is 0 Å². The number of rotatable bonds is 4. The topological polar surface area (TPSA) is 34.0 Å². The van der Waals surface area contributed by atoms with Crippen molar-refractivity contribution in [1.29, 1.82) is 0 Å². The molecule has 3 aromatic rings. The Morgan fingerprint density at radius 2 is 2.05 bits per heavy atom. The van der Waals surface area contributed by atoms with Crippen molar-refractivity contribution in [2.24, 2.45) is 0 Å². The van der Waals surface area contributed by atoms with Crippen molar-refractivity contribution in [1.82, 2.24) is 9.88 Å². The van der Waals surface area contributed by atoms with Gasteiger partial charge in [-0.15, -0.1) is 11.3 Å². The van der Waals surface area contributed by atoms with Crippen LogP contribution >= 0.6 is 11.3 Å². The molecular formula is C18H18N2OS. The first-order valence-corrected chi connectivity index (χ1v) is 8.52. The fourth-order valence-corrected chi connectivity index (χ4v) is 3.52. The Bertz CT molecular complexity index is 825. The van der Waals surface area contributed by atoms with E-state index in [0.29, 0.717) is 6.04 Å². The molecule has 2 heterocycles. The molecular weight excluding hydrogens is 292 g/mol. The van der Waals surface area contributed by atoms with Crippen LogP contribution < -0.4 is 5.32 Å². The van der Waals surface area contributed by atoms with Crippen LogP contribution in [0.25, 0.3) is 10.2 Å². The molecule has 0 atom stereocenters. The molecule has 4 heteroatoms. The lowest BCUT2D eigenvalue weighted by Gasteiger charge is -2.11. The van der Waals surface area contributed by atoms with Gasteiger partial charge in [0.1, 0.15) is 5.69 Å². The Morgan fingerprint density at radius 3 is 2.77 bits per heavy atom. The molecule has 1 amide bonds. The lowest BCUT2D eigenvalue weighted by molar-refractivity contribution is 0.0942. The predicted molar refractivity (Wildman–Crippen MR) is 90.6 cm³/mol. The van der Waals surface area contributed by atoms with E-state index in [-0.39, 0.29) is 5.91 Å². The molecule has 0 unspecified atom stereocenters. The molecule has 22 heavy (non-hydrogen) atoms. The number of aromatic nitrogens is 1. The predicted octanol–water partition coefficient (Wildman–Crippen LogP) is 3.95. The monoisotopic (exact) mass is 310 g/mol. The van der Waals surface area contributed by atoms with E-state index in [0.717, 1.165) is 30.6 Å². The molecule has 1 saturated carbocycles. The van der Waals surface area contributed by atoms with E-state index in [1.54, 1.807) is 11.3 Å². The van der Waals surface area contributed by atoms with E-state index < -0.39 is 0 Å². The molecule has 1 fully saturated rings. The third-order valence-electron chi connectivity index (χ3n) is 4.13. The summed E-state index contributed by atoms with van der Waals surface area (Å²) in [6.45, 7) is 2.82. The molecule has 1 aliphatic rings. The van der Waals surface area contributed by atoms with Gasteiger partial charge in [0.2, 0.25) is 0 Å². The van der Waals surface area contributed by atoms with Gasteiger partial charge < -0.3 is 9.88 Å². The Balaban J connectivity index is 1.71. The van der Waals surface area contributed by atoms with Crippen LogP contribution in [0.1, 0.15) is 34.5 Å². The van der Waals surface area contributed by atoms with Crippen LogP contribution in [-0.2, 0) is 6.54 Å². The standard InChI is InChI=1S/C18H18N2OS/c1-12-2-4-13(5-3-12)11-20-15-8-9-22-17(15)10-16(20)18(21)19-14-6-7-14/h2-5,8-10,14H,6-7,11H2,1H3,(H,19,21). The van der Waals surface area contributed by atoms with Gasteiger partial charge in [-0.1, -0.05) is 29.8 Å². The van der Waals surface area contributed by atoms with Crippen LogP contribution in [0.15, 0.2) is 41.8 Å². The van der Waals surface area contributed by atoms with Crippen molar-refractivity contribution in [3.05, 3.63) is 58.6 Å². The summed E-state index contributed by atoms with van der Waals surface area (Å²) in [5, 5.41) is 5.18. The second-order valence-electron chi connectivity index (χ2n) is 6.02. The second kappa shape index (κ2) is 5.29. The fraction of sp³-hybridized carbons (Fsp3) is 0.278. The maximum absolute atomic E-state index is 12.5. The maximum atomic E-state index is 12.5. The maximum Gasteiger partial charge on any atom is 0.268 e. The van der Waals surface area contributed by atoms with Crippen LogP contribution in [0.2, 0.25) is 0 Å². The highest BCUT2D eigenvalue weighted by Crippen LogP contribution is 2.27. The quantitative estimate of drug-likeness (QED) is 0.778. The van der Waals surface area contributed by atoms with Crippen LogP contribution in [-0.4, -0.2) is 16.5 Å². The summed E-state index contributed by atoms with van der Waals surface area (Å²) < 4.78 is 3.31. The summed E-state index contributed by atoms with van der Waals surface area (Å²) in [5.41, 5.74) is 4.39. The number of benzene rings is 1. The molecule has 0 spiro atoms. The molecule has 1 N–H and O–H groups in total. The number of carbonyl (C=O) groups is 1. The summed E-state index contributed by atoms with van der Waals surface area (Å²) in [4.78, 5) is 12.5. The van der Waals surface area contributed by atoms with E-state index in [1.807, 2.05) is 6.07 Å². The molecule has 0 saturated heterocycles. The molecule has 2 aromatic heterocycles. The van der Waals surface area contributed by atoms with E-state index in [9.17, 15) is 4.79 Å². The lowest BCUT2D eigenvalue weighted by Crippen LogP contribution is -2.27. The minimum Gasteiger partial charge on any atom is -0.348 e. The molecule has 1 aliphatic carbocycles. The van der Waals surface area contributed by atoms with Gasteiger partial charge in [0.05, 0.1) is 10.2 Å². The Morgan fingerprint density at radius 1 is 1.27 bits per heavy atom. The number of fused-ring (bicyclic) bond motifs is 1. The average Bonchev–Trinajstić information content (AvgIpc) is 3.08. The Labute approximate surface area is 133 Å².